The van der Waals surface area contributed by atoms with E-state index in [1.807, 2.05) is 19.1 Å². The molecule has 0 aromatic heterocycles. The van der Waals surface area contributed by atoms with Gasteiger partial charge < -0.3 is 20.5 Å². The number of amides is 2. The molecule has 0 saturated heterocycles. The van der Waals surface area contributed by atoms with Crippen LogP contribution in [0.15, 0.2) is 48.5 Å². The van der Waals surface area contributed by atoms with Crippen LogP contribution in [0.5, 0.6) is 5.75 Å². The van der Waals surface area contributed by atoms with Gasteiger partial charge in [-0.25, -0.2) is 4.79 Å². The van der Waals surface area contributed by atoms with Crippen molar-refractivity contribution in [2.24, 2.45) is 0 Å². The number of methoxy groups -OCH3 is 1. The third-order valence-corrected chi connectivity index (χ3v) is 3.87. The van der Waals surface area contributed by atoms with Crippen LogP contribution in [0.25, 0.3) is 0 Å². The molecule has 2 rings (SSSR count). The SMILES string of the molecule is COc1cccc(C(O)CNC(=O)NC(C)c2cccc(Cl)c2)c1. The molecule has 0 spiro atoms. The Labute approximate surface area is 146 Å². The van der Waals surface area contributed by atoms with Crippen LogP contribution >= 0.6 is 11.6 Å². The minimum absolute atomic E-state index is 0.0985. The molecule has 2 aromatic rings. The molecule has 0 saturated carbocycles. The number of aliphatic hydroxyl groups excluding tert-OH is 1. The number of hydrogen-bond donors (Lipinski definition) is 3. The van der Waals surface area contributed by atoms with Gasteiger partial charge in [-0.2, -0.15) is 0 Å². The summed E-state index contributed by atoms with van der Waals surface area (Å²) in [6, 6.07) is 13.9. The van der Waals surface area contributed by atoms with Gasteiger partial charge in [0.05, 0.1) is 19.3 Å². The highest BCUT2D eigenvalue weighted by molar-refractivity contribution is 6.30. The fourth-order valence-corrected chi connectivity index (χ4v) is 2.46. The van der Waals surface area contributed by atoms with Crippen LogP contribution < -0.4 is 15.4 Å². The molecule has 0 radical (unpaired) electrons. The number of carbonyl (C=O) groups is 1. The summed E-state index contributed by atoms with van der Waals surface area (Å²) in [4.78, 5) is 12.0. The van der Waals surface area contributed by atoms with Crippen molar-refractivity contribution in [3.8, 4) is 5.75 Å². The molecule has 5 nitrogen and oxygen atoms in total. The molecule has 3 N–H and O–H groups in total. The fourth-order valence-electron chi connectivity index (χ4n) is 2.26. The summed E-state index contributed by atoms with van der Waals surface area (Å²) in [5.41, 5.74) is 1.59. The van der Waals surface area contributed by atoms with Crippen LogP contribution in [0, 0.1) is 0 Å². The number of aliphatic hydroxyl groups is 1. The maximum atomic E-state index is 12.0. The first kappa shape index (κ1) is 18.1. The Morgan fingerprint density at radius 3 is 2.62 bits per heavy atom. The van der Waals surface area contributed by atoms with Gasteiger partial charge in [0.25, 0.3) is 0 Å². The third-order valence-electron chi connectivity index (χ3n) is 3.63. The van der Waals surface area contributed by atoms with Crippen molar-refractivity contribution < 1.29 is 14.6 Å². The molecule has 0 heterocycles. The van der Waals surface area contributed by atoms with Gasteiger partial charge >= 0.3 is 6.03 Å². The van der Waals surface area contributed by atoms with E-state index in [4.69, 9.17) is 16.3 Å². The van der Waals surface area contributed by atoms with Crippen LogP contribution in [0.4, 0.5) is 4.79 Å². The molecule has 128 valence electrons. The van der Waals surface area contributed by atoms with Crippen molar-refractivity contribution in [1.29, 1.82) is 0 Å². The second kappa shape index (κ2) is 8.57. The Balaban J connectivity index is 1.86. The minimum Gasteiger partial charge on any atom is -0.497 e. The largest absolute Gasteiger partial charge is 0.497 e. The standard InChI is InChI=1S/C18H21ClN2O3/c1-12(13-5-3-7-15(19)9-13)21-18(23)20-11-17(22)14-6-4-8-16(10-14)24-2/h3-10,12,17,22H,11H2,1-2H3,(H2,20,21,23). The highest BCUT2D eigenvalue weighted by Crippen LogP contribution is 2.19. The summed E-state index contributed by atoms with van der Waals surface area (Å²) in [5.74, 6) is 0.658. The third kappa shape index (κ3) is 5.15. The average Bonchev–Trinajstić information content (AvgIpc) is 2.59. The molecule has 0 aliphatic carbocycles. The van der Waals surface area contributed by atoms with E-state index in [0.717, 1.165) is 5.56 Å². The van der Waals surface area contributed by atoms with Gasteiger partial charge in [-0.3, -0.25) is 0 Å². The highest BCUT2D eigenvalue weighted by atomic mass is 35.5. The van der Waals surface area contributed by atoms with E-state index >= 15 is 0 Å². The van der Waals surface area contributed by atoms with Crippen LogP contribution in [0.1, 0.15) is 30.2 Å². The first-order valence-corrected chi connectivity index (χ1v) is 7.99. The van der Waals surface area contributed by atoms with Crippen molar-refractivity contribution in [2.45, 2.75) is 19.1 Å². The van der Waals surface area contributed by atoms with Crippen LogP contribution in [-0.4, -0.2) is 24.8 Å². The number of ether oxygens (including phenoxy) is 1. The van der Waals surface area contributed by atoms with Gasteiger partial charge in [0, 0.05) is 11.6 Å². The monoisotopic (exact) mass is 348 g/mol. The Morgan fingerprint density at radius 2 is 1.92 bits per heavy atom. The van der Waals surface area contributed by atoms with Crippen molar-refractivity contribution in [3.05, 3.63) is 64.7 Å². The molecule has 0 bridgehead atoms. The molecule has 0 aliphatic rings. The second-order valence-corrected chi connectivity index (χ2v) is 5.86. The van der Waals surface area contributed by atoms with Crippen LogP contribution in [-0.2, 0) is 0 Å². The van der Waals surface area contributed by atoms with E-state index in [1.54, 1.807) is 43.5 Å². The van der Waals surface area contributed by atoms with E-state index in [9.17, 15) is 9.90 Å². The Bertz CT molecular complexity index is 693. The molecule has 24 heavy (non-hydrogen) atoms. The zero-order chi connectivity index (χ0) is 17.5. The molecule has 0 fully saturated rings. The maximum Gasteiger partial charge on any atom is 0.315 e. The zero-order valence-corrected chi connectivity index (χ0v) is 14.4. The lowest BCUT2D eigenvalue weighted by molar-refractivity contribution is 0.172. The average molecular weight is 349 g/mol. The van der Waals surface area contributed by atoms with Crippen molar-refractivity contribution in [2.75, 3.05) is 13.7 Å². The number of urea groups is 1. The summed E-state index contributed by atoms with van der Waals surface area (Å²) < 4.78 is 5.12. The van der Waals surface area contributed by atoms with Gasteiger partial charge in [-0.15, -0.1) is 0 Å². The smallest absolute Gasteiger partial charge is 0.315 e. The van der Waals surface area contributed by atoms with Crippen LogP contribution in [0.3, 0.4) is 0 Å². The van der Waals surface area contributed by atoms with Crippen molar-refractivity contribution in [3.63, 3.8) is 0 Å². The Morgan fingerprint density at radius 1 is 1.21 bits per heavy atom. The highest BCUT2D eigenvalue weighted by Gasteiger charge is 2.13. The van der Waals surface area contributed by atoms with Crippen molar-refractivity contribution in [1.82, 2.24) is 10.6 Å². The van der Waals surface area contributed by atoms with Crippen LogP contribution in [0.2, 0.25) is 5.02 Å². The van der Waals surface area contributed by atoms with E-state index < -0.39 is 6.10 Å². The molecule has 0 aliphatic heterocycles. The molecule has 2 aromatic carbocycles. The molecule has 6 heteroatoms. The Hall–Kier alpha value is -2.24. The normalized spacial score (nSPS) is 13.0. The van der Waals surface area contributed by atoms with Gasteiger partial charge in [0.15, 0.2) is 0 Å². The summed E-state index contributed by atoms with van der Waals surface area (Å²) in [7, 11) is 1.56. The molecule has 2 unspecified atom stereocenters. The van der Waals surface area contributed by atoms with Gasteiger partial charge in [-0.05, 0) is 42.3 Å². The second-order valence-electron chi connectivity index (χ2n) is 5.42. The summed E-state index contributed by atoms with van der Waals surface area (Å²) >= 11 is 5.95. The number of benzene rings is 2. The predicted octanol–water partition coefficient (Wildman–Crippen LogP) is 3.44. The maximum absolute atomic E-state index is 12.0. The molecule has 2 amide bonds. The first-order chi connectivity index (χ1) is 11.5. The van der Waals surface area contributed by atoms with E-state index in [2.05, 4.69) is 10.6 Å². The fraction of sp³-hybridized carbons (Fsp3) is 0.278. The lowest BCUT2D eigenvalue weighted by Gasteiger charge is -2.17. The summed E-state index contributed by atoms with van der Waals surface area (Å²) in [6.07, 6.45) is -0.813. The van der Waals surface area contributed by atoms with Gasteiger partial charge in [0.2, 0.25) is 0 Å². The number of nitrogens with one attached hydrogen (secondary N) is 2. The topological polar surface area (TPSA) is 70.6 Å². The number of rotatable bonds is 6. The first-order valence-electron chi connectivity index (χ1n) is 7.61. The predicted molar refractivity (Wildman–Crippen MR) is 94.4 cm³/mol. The molecular weight excluding hydrogens is 328 g/mol. The summed E-state index contributed by atoms with van der Waals surface area (Å²) in [5, 5.41) is 16.2. The lowest BCUT2D eigenvalue weighted by Crippen LogP contribution is -2.39. The summed E-state index contributed by atoms with van der Waals surface area (Å²) in [6.45, 7) is 1.96. The van der Waals surface area contributed by atoms with E-state index in [1.165, 1.54) is 0 Å². The number of hydrogen-bond acceptors (Lipinski definition) is 3. The zero-order valence-electron chi connectivity index (χ0n) is 13.6. The minimum atomic E-state index is -0.813. The molecular formula is C18H21ClN2O3. The Kier molecular flexibility index (Phi) is 6.46. The van der Waals surface area contributed by atoms with Gasteiger partial charge in [0.1, 0.15) is 5.75 Å². The van der Waals surface area contributed by atoms with Gasteiger partial charge in [-0.1, -0.05) is 35.9 Å². The van der Waals surface area contributed by atoms with E-state index in [0.29, 0.717) is 16.3 Å². The lowest BCUT2D eigenvalue weighted by atomic mass is 10.1. The molecule has 2 atom stereocenters. The van der Waals surface area contributed by atoms with Crippen molar-refractivity contribution >= 4 is 17.6 Å². The van der Waals surface area contributed by atoms with E-state index in [-0.39, 0.29) is 18.6 Å². The number of carbonyl (C=O) groups excluding carboxylic acids is 1. The number of halogens is 1. The quantitative estimate of drug-likeness (QED) is 0.748.